The smallest absolute Gasteiger partial charge is 0.253 e. The minimum absolute atomic E-state index is 0.102. The quantitative estimate of drug-likeness (QED) is 0.838. The second kappa shape index (κ2) is 6.67. The molecule has 1 aromatic rings. The number of rotatable bonds is 5. The van der Waals surface area contributed by atoms with Crippen molar-refractivity contribution in [1.29, 1.82) is 0 Å². The number of nitrogens with two attached hydrogens (primary N) is 1. The average molecular weight is 304 g/mol. The molecule has 1 aliphatic heterocycles. The summed E-state index contributed by atoms with van der Waals surface area (Å²) in [6, 6.07) is 7.60. The number of ether oxygens (including phenoxy) is 2. The van der Waals surface area contributed by atoms with Crippen molar-refractivity contribution in [1.82, 2.24) is 4.90 Å². The van der Waals surface area contributed by atoms with Crippen LogP contribution in [0.25, 0.3) is 0 Å². The molecule has 5 heteroatoms. The summed E-state index contributed by atoms with van der Waals surface area (Å²) in [4.78, 5) is 14.5. The maximum Gasteiger partial charge on any atom is 0.253 e. The molecule has 1 saturated carbocycles. The summed E-state index contributed by atoms with van der Waals surface area (Å²) in [7, 11) is 1.64. The fourth-order valence-corrected chi connectivity index (χ4v) is 3.59. The van der Waals surface area contributed by atoms with Crippen molar-refractivity contribution in [2.24, 2.45) is 17.6 Å². The molecule has 0 radical (unpaired) electrons. The van der Waals surface area contributed by atoms with Crippen LogP contribution in [0.2, 0.25) is 0 Å². The number of benzene rings is 1. The largest absolute Gasteiger partial charge is 0.491 e. The van der Waals surface area contributed by atoms with Gasteiger partial charge in [-0.05, 0) is 48.9 Å². The zero-order chi connectivity index (χ0) is 15.5. The van der Waals surface area contributed by atoms with Gasteiger partial charge < -0.3 is 20.1 Å². The predicted molar refractivity (Wildman–Crippen MR) is 83.9 cm³/mol. The van der Waals surface area contributed by atoms with Gasteiger partial charge in [-0.1, -0.05) is 0 Å². The fourth-order valence-electron chi connectivity index (χ4n) is 3.59. The summed E-state index contributed by atoms with van der Waals surface area (Å²) in [5.41, 5.74) is 6.85. The Hall–Kier alpha value is -1.59. The van der Waals surface area contributed by atoms with E-state index in [0.717, 1.165) is 31.7 Å². The fraction of sp³-hybridized carbons (Fsp3) is 0.588. The summed E-state index contributed by atoms with van der Waals surface area (Å²) in [5, 5.41) is 0. The number of carbonyl (C=O) groups is 1. The number of amides is 1. The molecule has 0 spiro atoms. The zero-order valence-corrected chi connectivity index (χ0v) is 13.0. The Labute approximate surface area is 131 Å². The Morgan fingerprint density at radius 1 is 1.23 bits per heavy atom. The molecule has 1 saturated heterocycles. The van der Waals surface area contributed by atoms with Crippen molar-refractivity contribution in [3.63, 3.8) is 0 Å². The molecule has 0 bridgehead atoms. The van der Waals surface area contributed by atoms with Gasteiger partial charge in [-0.2, -0.15) is 0 Å². The third kappa shape index (κ3) is 3.10. The number of hydrogen-bond acceptors (Lipinski definition) is 4. The van der Waals surface area contributed by atoms with Crippen molar-refractivity contribution in [3.8, 4) is 5.75 Å². The van der Waals surface area contributed by atoms with Crippen molar-refractivity contribution in [3.05, 3.63) is 29.8 Å². The van der Waals surface area contributed by atoms with Crippen molar-refractivity contribution in [2.45, 2.75) is 18.9 Å². The van der Waals surface area contributed by atoms with E-state index in [0.29, 0.717) is 30.6 Å². The highest BCUT2D eigenvalue weighted by atomic mass is 16.5. The second-order valence-electron chi connectivity index (χ2n) is 6.24. The van der Waals surface area contributed by atoms with Crippen molar-refractivity contribution < 1.29 is 14.3 Å². The lowest BCUT2D eigenvalue weighted by molar-refractivity contribution is 0.0779. The Bertz CT molecular complexity index is 517. The average Bonchev–Trinajstić information content (AvgIpc) is 3.10. The normalized spacial score (nSPS) is 27.0. The molecule has 0 aromatic heterocycles. The van der Waals surface area contributed by atoms with Gasteiger partial charge in [0.15, 0.2) is 0 Å². The van der Waals surface area contributed by atoms with Crippen LogP contribution in [0, 0.1) is 11.8 Å². The summed E-state index contributed by atoms with van der Waals surface area (Å²) < 4.78 is 10.5. The van der Waals surface area contributed by atoms with Crippen LogP contribution in [0.3, 0.4) is 0 Å². The lowest BCUT2D eigenvalue weighted by atomic mass is 9.98. The monoisotopic (exact) mass is 304 g/mol. The van der Waals surface area contributed by atoms with E-state index in [-0.39, 0.29) is 11.9 Å². The van der Waals surface area contributed by atoms with E-state index < -0.39 is 0 Å². The van der Waals surface area contributed by atoms with E-state index in [2.05, 4.69) is 0 Å². The maximum absolute atomic E-state index is 12.6. The van der Waals surface area contributed by atoms with E-state index in [1.54, 1.807) is 7.11 Å². The van der Waals surface area contributed by atoms with Crippen LogP contribution in [-0.2, 0) is 4.74 Å². The molecule has 3 atom stereocenters. The summed E-state index contributed by atoms with van der Waals surface area (Å²) in [5.74, 6) is 1.94. The van der Waals surface area contributed by atoms with Gasteiger partial charge in [-0.15, -0.1) is 0 Å². The van der Waals surface area contributed by atoms with E-state index >= 15 is 0 Å². The Kier molecular flexibility index (Phi) is 4.64. The van der Waals surface area contributed by atoms with Gasteiger partial charge in [0.1, 0.15) is 12.4 Å². The van der Waals surface area contributed by atoms with Crippen molar-refractivity contribution in [2.75, 3.05) is 33.4 Å². The minimum atomic E-state index is 0.102. The number of fused-ring (bicyclic) bond motifs is 1. The molecule has 1 amide bonds. The van der Waals surface area contributed by atoms with E-state index in [1.807, 2.05) is 29.2 Å². The molecule has 1 aromatic carbocycles. The number of methoxy groups -OCH3 is 1. The van der Waals surface area contributed by atoms with E-state index in [9.17, 15) is 4.79 Å². The molecule has 120 valence electrons. The minimum Gasteiger partial charge on any atom is -0.491 e. The second-order valence-corrected chi connectivity index (χ2v) is 6.24. The van der Waals surface area contributed by atoms with Gasteiger partial charge in [0.2, 0.25) is 0 Å². The highest BCUT2D eigenvalue weighted by Gasteiger charge is 2.42. The summed E-state index contributed by atoms with van der Waals surface area (Å²) in [6.07, 6.45) is 2.26. The first-order chi connectivity index (χ1) is 10.7. The molecule has 3 rings (SSSR count). The third-order valence-corrected chi connectivity index (χ3v) is 4.86. The molecule has 1 heterocycles. The van der Waals surface area contributed by atoms with Crippen molar-refractivity contribution >= 4 is 5.91 Å². The first-order valence-corrected chi connectivity index (χ1v) is 7.95. The molecule has 2 N–H and O–H groups in total. The molecule has 1 aliphatic carbocycles. The first-order valence-electron chi connectivity index (χ1n) is 7.95. The molecular formula is C17H24N2O3. The van der Waals surface area contributed by atoms with Crippen LogP contribution in [0.5, 0.6) is 5.75 Å². The molecule has 5 nitrogen and oxygen atoms in total. The van der Waals surface area contributed by atoms with E-state index in [1.165, 1.54) is 0 Å². The van der Waals surface area contributed by atoms with Crippen LogP contribution in [-0.4, -0.2) is 50.3 Å². The van der Waals surface area contributed by atoms with Crippen LogP contribution < -0.4 is 10.5 Å². The zero-order valence-electron chi connectivity index (χ0n) is 13.0. The van der Waals surface area contributed by atoms with E-state index in [4.69, 9.17) is 15.2 Å². The Morgan fingerprint density at radius 3 is 2.68 bits per heavy atom. The van der Waals surface area contributed by atoms with Gasteiger partial charge >= 0.3 is 0 Å². The highest BCUT2D eigenvalue weighted by Crippen LogP contribution is 2.37. The molecule has 2 aliphatic rings. The van der Waals surface area contributed by atoms with Gasteiger partial charge in [0.05, 0.1) is 6.61 Å². The molecule has 2 fully saturated rings. The molecular weight excluding hydrogens is 280 g/mol. The Morgan fingerprint density at radius 2 is 2.00 bits per heavy atom. The first kappa shape index (κ1) is 15.3. The van der Waals surface area contributed by atoms with Gasteiger partial charge in [-0.3, -0.25) is 4.79 Å². The van der Waals surface area contributed by atoms with Crippen LogP contribution in [0.1, 0.15) is 23.2 Å². The number of hydrogen-bond donors (Lipinski definition) is 1. The van der Waals surface area contributed by atoms with Crippen LogP contribution in [0.4, 0.5) is 0 Å². The molecule has 3 unspecified atom stereocenters. The maximum atomic E-state index is 12.6. The Balaban J connectivity index is 1.58. The summed E-state index contributed by atoms with van der Waals surface area (Å²) >= 11 is 0. The van der Waals surface area contributed by atoms with Crippen LogP contribution >= 0.6 is 0 Å². The topological polar surface area (TPSA) is 64.8 Å². The van der Waals surface area contributed by atoms with Gasteiger partial charge in [0, 0.05) is 31.8 Å². The summed E-state index contributed by atoms with van der Waals surface area (Å²) in [6.45, 7) is 2.72. The highest BCUT2D eigenvalue weighted by molar-refractivity contribution is 5.94. The van der Waals surface area contributed by atoms with Gasteiger partial charge in [-0.25, -0.2) is 0 Å². The lowest BCUT2D eigenvalue weighted by Crippen LogP contribution is -2.33. The number of carbonyl (C=O) groups excluding carboxylic acids is 1. The van der Waals surface area contributed by atoms with Crippen LogP contribution in [0.15, 0.2) is 24.3 Å². The van der Waals surface area contributed by atoms with Gasteiger partial charge in [0.25, 0.3) is 5.91 Å². The number of nitrogens with zero attached hydrogens (tertiary/aromatic N) is 1. The lowest BCUT2D eigenvalue weighted by Gasteiger charge is -2.19. The predicted octanol–water partition coefficient (Wildman–Crippen LogP) is 1.52. The standard InChI is InChI=1S/C17H24N2O3/c1-21-8-9-22-14-5-2-12(3-6-14)17(20)19-10-13-4-7-16(18)15(13)11-19/h2-3,5-6,13,15-16H,4,7-11,18H2,1H3. The SMILES string of the molecule is COCCOc1ccc(C(=O)N2CC3CCC(N)C3C2)cc1. The number of likely N-dealkylation sites (tertiary alicyclic amines) is 1. The third-order valence-electron chi connectivity index (χ3n) is 4.86. The molecule has 22 heavy (non-hydrogen) atoms.